The van der Waals surface area contributed by atoms with Crippen LogP contribution in [0.15, 0.2) is 158 Å². The monoisotopic (exact) mass is 934 g/mol. The minimum Gasteiger partial charge on any atom is -0.480 e. The van der Waals surface area contributed by atoms with E-state index in [1.54, 1.807) is 0 Å². The first kappa shape index (κ1) is 61.1. The van der Waals surface area contributed by atoms with Crippen LogP contribution >= 0.6 is 7.82 Å². The fraction of sp³-hybridized carbons (Fsp3) is 0.463. The Labute approximate surface area is 396 Å². The van der Waals surface area contributed by atoms with Crippen LogP contribution in [0, 0.1) is 0 Å². The number of ether oxygens (including phenoxy) is 1. The third kappa shape index (κ3) is 45.7. The molecule has 0 spiro atoms. The zero-order valence-electron chi connectivity index (χ0n) is 39.7. The number of nitrogens with one attached hydrogen (secondary N) is 1. The van der Waals surface area contributed by atoms with Gasteiger partial charge in [-0.1, -0.05) is 172 Å². The Hall–Kier alpha value is -4.90. The number of carboxylic acid groups (broad SMARTS) is 1. The average Bonchev–Trinajstić information content (AvgIpc) is 3.29. The summed E-state index contributed by atoms with van der Waals surface area (Å²) in [6.45, 7) is 2.22. The fourth-order valence-corrected chi connectivity index (χ4v) is 6.04. The van der Waals surface area contributed by atoms with Crippen molar-refractivity contribution in [2.24, 2.45) is 0 Å². The van der Waals surface area contributed by atoms with E-state index < -0.39 is 57.6 Å². The first-order valence-corrected chi connectivity index (χ1v) is 25.0. The van der Waals surface area contributed by atoms with Gasteiger partial charge in [0.25, 0.3) is 0 Å². The molecule has 0 aromatic rings. The summed E-state index contributed by atoms with van der Waals surface area (Å²) < 4.78 is 26.8. The highest BCUT2D eigenvalue weighted by Crippen LogP contribution is 2.43. The Morgan fingerprint density at radius 1 is 0.485 bits per heavy atom. The summed E-state index contributed by atoms with van der Waals surface area (Å²) >= 11 is 0. The lowest BCUT2D eigenvalue weighted by molar-refractivity contribution is -0.147. The lowest BCUT2D eigenvalue weighted by Gasteiger charge is -2.18. The first-order valence-electron chi connectivity index (χ1n) is 23.5. The Kier molecular flexibility index (Phi) is 43.2. The molecule has 0 aliphatic carbocycles. The van der Waals surface area contributed by atoms with Crippen molar-refractivity contribution in [3.8, 4) is 0 Å². The Morgan fingerprint density at radius 2 is 0.818 bits per heavy atom. The predicted molar refractivity (Wildman–Crippen MR) is 272 cm³/mol. The molecule has 366 valence electrons. The highest BCUT2D eigenvalue weighted by Gasteiger charge is 2.28. The third-order valence-corrected chi connectivity index (χ3v) is 9.78. The molecule has 0 bridgehead atoms. The minimum atomic E-state index is -4.81. The van der Waals surface area contributed by atoms with Crippen molar-refractivity contribution in [3.63, 3.8) is 0 Å². The van der Waals surface area contributed by atoms with Crippen molar-refractivity contribution < 1.29 is 47.8 Å². The van der Waals surface area contributed by atoms with Crippen LogP contribution in [0.25, 0.3) is 0 Å². The lowest BCUT2D eigenvalue weighted by Crippen LogP contribution is -2.43. The highest BCUT2D eigenvalue weighted by molar-refractivity contribution is 7.47. The lowest BCUT2D eigenvalue weighted by atomic mass is 10.2. The predicted octanol–water partition coefficient (Wildman–Crippen LogP) is 12.9. The van der Waals surface area contributed by atoms with Crippen molar-refractivity contribution in [2.45, 2.75) is 142 Å². The van der Waals surface area contributed by atoms with Gasteiger partial charge in [0.1, 0.15) is 12.7 Å². The number of carboxylic acids is 1. The van der Waals surface area contributed by atoms with Crippen LogP contribution in [0.1, 0.15) is 129 Å². The normalized spacial score (nSPS) is 15.0. The Balaban J connectivity index is 4.10. The Bertz CT molecular complexity index is 1710. The summed E-state index contributed by atoms with van der Waals surface area (Å²) in [4.78, 5) is 46.0. The number of aliphatic hydroxyl groups is 1. The molecule has 0 aliphatic rings. The molecule has 0 aliphatic heterocycles. The zero-order chi connectivity index (χ0) is 48.4. The highest BCUT2D eigenvalue weighted by atomic mass is 31.2. The van der Waals surface area contributed by atoms with Crippen LogP contribution in [0.5, 0.6) is 0 Å². The molecule has 3 atom stereocenters. The number of rotatable bonds is 41. The quantitative estimate of drug-likeness (QED) is 0.0200. The van der Waals surface area contributed by atoms with Crippen LogP contribution in [0.3, 0.4) is 0 Å². The van der Waals surface area contributed by atoms with Gasteiger partial charge in [0, 0.05) is 12.8 Å². The molecular formula is C54H80NO10P. The molecule has 0 heterocycles. The van der Waals surface area contributed by atoms with Gasteiger partial charge in [-0.25, -0.2) is 9.36 Å². The number of amides is 1. The second kappa shape index (κ2) is 46.6. The van der Waals surface area contributed by atoms with Gasteiger partial charge in [0.2, 0.25) is 5.91 Å². The SMILES string of the molecule is CC/C=C\C/C=C\C/C=C\C/C=C\C/C=C\C/C=C\C/C=C\CCCC(=O)NC(COP(=O)(O)OCC(O)COC(=O)CC/C=C\C/C=C\C/C=C\C/C=C\C/C=C\C/C=C\CC)C(=O)O. The van der Waals surface area contributed by atoms with E-state index in [2.05, 4.69) is 147 Å². The van der Waals surface area contributed by atoms with Crippen molar-refractivity contribution in [1.29, 1.82) is 0 Å². The molecule has 0 saturated heterocycles. The van der Waals surface area contributed by atoms with Crippen molar-refractivity contribution in [1.82, 2.24) is 5.32 Å². The molecule has 0 aromatic heterocycles. The number of unbranched alkanes of at least 4 members (excludes halogenated alkanes) is 1. The van der Waals surface area contributed by atoms with E-state index in [-0.39, 0.29) is 12.8 Å². The molecule has 0 fully saturated rings. The second-order valence-corrected chi connectivity index (χ2v) is 16.3. The molecule has 0 aromatic carbocycles. The van der Waals surface area contributed by atoms with Crippen LogP contribution in [0.2, 0.25) is 0 Å². The summed E-state index contributed by atoms with van der Waals surface area (Å²) in [5, 5.41) is 21.8. The van der Waals surface area contributed by atoms with Gasteiger partial charge >= 0.3 is 19.8 Å². The summed E-state index contributed by atoms with van der Waals surface area (Å²) in [7, 11) is -4.81. The van der Waals surface area contributed by atoms with Gasteiger partial charge < -0.3 is 25.2 Å². The number of aliphatic carboxylic acids is 1. The molecule has 11 nitrogen and oxygen atoms in total. The van der Waals surface area contributed by atoms with Gasteiger partial charge in [0.15, 0.2) is 6.04 Å². The number of carbonyl (C=O) groups excluding carboxylic acids is 2. The van der Waals surface area contributed by atoms with Crippen LogP contribution in [-0.4, -0.2) is 64.9 Å². The fourth-order valence-electron chi connectivity index (χ4n) is 5.27. The summed E-state index contributed by atoms with van der Waals surface area (Å²) in [5.41, 5.74) is 0. The maximum Gasteiger partial charge on any atom is 0.472 e. The molecule has 66 heavy (non-hydrogen) atoms. The topological polar surface area (TPSA) is 169 Å². The van der Waals surface area contributed by atoms with E-state index in [4.69, 9.17) is 13.8 Å². The number of esters is 1. The first-order chi connectivity index (χ1) is 32.1. The van der Waals surface area contributed by atoms with Crippen molar-refractivity contribution in [2.75, 3.05) is 19.8 Å². The van der Waals surface area contributed by atoms with Crippen LogP contribution in [-0.2, 0) is 32.7 Å². The molecule has 0 saturated carbocycles. The van der Waals surface area contributed by atoms with Crippen LogP contribution < -0.4 is 5.32 Å². The van der Waals surface area contributed by atoms with E-state index in [1.807, 2.05) is 30.4 Å². The number of carbonyl (C=O) groups is 3. The number of hydrogen-bond donors (Lipinski definition) is 4. The number of allylic oxidation sites excluding steroid dienone is 26. The van der Waals surface area contributed by atoms with Gasteiger partial charge in [-0.2, -0.15) is 0 Å². The number of aliphatic hydroxyl groups excluding tert-OH is 1. The maximum absolute atomic E-state index is 12.3. The number of hydrogen-bond acceptors (Lipinski definition) is 8. The summed E-state index contributed by atoms with van der Waals surface area (Å²) in [5.74, 6) is -2.58. The van der Waals surface area contributed by atoms with Gasteiger partial charge in [-0.3, -0.25) is 18.6 Å². The van der Waals surface area contributed by atoms with E-state index in [0.717, 1.165) is 83.5 Å². The maximum atomic E-state index is 12.3. The number of phosphoric ester groups is 1. The number of phosphoric acid groups is 1. The van der Waals surface area contributed by atoms with Gasteiger partial charge in [0.05, 0.1) is 13.2 Å². The van der Waals surface area contributed by atoms with E-state index in [0.29, 0.717) is 19.3 Å². The molecule has 3 unspecified atom stereocenters. The van der Waals surface area contributed by atoms with Gasteiger partial charge in [-0.05, 0) is 103 Å². The Morgan fingerprint density at radius 3 is 1.18 bits per heavy atom. The standard InChI is InChI=1S/C54H80NO10P/c1-3-5-7-9-11-13-15-17-19-21-23-24-25-26-28-29-31-33-35-37-39-41-43-45-52(57)55-51(54(59)60)49-65-66(61,62)64-48-50(56)47-63-53(58)46-44-42-40-38-36-34-32-30-27-22-20-18-16-14-12-10-8-6-4-2/h5-8,11-14,17-20,23-24,26-28,30-31,33-34,36-37,39-40,42,50-51,56H,3-4,9-10,15-16,21-22,25,29,32,35,38,41,43-49H2,1-2H3,(H,55,57)(H,59,60)(H,61,62)/b7-5-,8-6-,13-11-,14-12-,19-17-,20-18-,24-23-,28-26-,30-27-,33-31-,36-34-,39-37-,42-40-. The largest absolute Gasteiger partial charge is 0.480 e. The molecular weight excluding hydrogens is 854 g/mol. The molecule has 0 radical (unpaired) electrons. The van der Waals surface area contributed by atoms with Crippen molar-refractivity contribution >= 4 is 25.7 Å². The smallest absolute Gasteiger partial charge is 0.472 e. The minimum absolute atomic E-state index is 0.0492. The van der Waals surface area contributed by atoms with Gasteiger partial charge in [-0.15, -0.1) is 0 Å². The van der Waals surface area contributed by atoms with Crippen LogP contribution in [0.4, 0.5) is 0 Å². The summed E-state index contributed by atoms with van der Waals surface area (Å²) in [6, 6.07) is -1.60. The zero-order valence-corrected chi connectivity index (χ0v) is 40.6. The summed E-state index contributed by atoms with van der Waals surface area (Å²) in [6.07, 6.45) is 67.2. The molecule has 12 heteroatoms. The molecule has 4 N–H and O–H groups in total. The van der Waals surface area contributed by atoms with E-state index >= 15 is 0 Å². The third-order valence-electron chi connectivity index (χ3n) is 8.83. The second-order valence-electron chi connectivity index (χ2n) is 14.8. The van der Waals surface area contributed by atoms with Crippen molar-refractivity contribution in [3.05, 3.63) is 158 Å². The molecule has 1 amide bonds. The van der Waals surface area contributed by atoms with E-state index in [1.165, 1.54) is 0 Å². The molecule has 0 rings (SSSR count). The van der Waals surface area contributed by atoms with E-state index in [9.17, 15) is 34.1 Å². The average molecular weight is 934 g/mol.